The van der Waals surface area contributed by atoms with Crippen LogP contribution in [0.2, 0.25) is 0 Å². The Balaban J connectivity index is 2.00. The molecule has 0 aromatic heterocycles. The van der Waals surface area contributed by atoms with Crippen molar-refractivity contribution in [3.63, 3.8) is 0 Å². The van der Waals surface area contributed by atoms with E-state index < -0.39 is 0 Å². The van der Waals surface area contributed by atoms with E-state index in [1.54, 1.807) is 32.4 Å². The van der Waals surface area contributed by atoms with Gasteiger partial charge in [-0.2, -0.15) is 0 Å². The molecular formula is C18H25N3O4. The minimum absolute atomic E-state index is 0.0502. The largest absolute Gasteiger partial charge is 0.497 e. The molecule has 0 bridgehead atoms. The summed E-state index contributed by atoms with van der Waals surface area (Å²) in [5.41, 5.74) is 0.562. The monoisotopic (exact) mass is 347 g/mol. The Hall–Kier alpha value is -2.70. The predicted octanol–water partition coefficient (Wildman–Crippen LogP) is 2.30. The number of rotatable bonds is 7. The van der Waals surface area contributed by atoms with Crippen LogP contribution in [0.4, 0.5) is 10.5 Å². The second-order valence-electron chi connectivity index (χ2n) is 5.84. The number of carbonyl (C=O) groups excluding carboxylic acids is 2. The first-order valence-electron chi connectivity index (χ1n) is 8.26. The third-order valence-electron chi connectivity index (χ3n) is 4.05. The lowest BCUT2D eigenvalue weighted by atomic mass is 9.98. The van der Waals surface area contributed by atoms with E-state index in [4.69, 9.17) is 9.47 Å². The Morgan fingerprint density at radius 3 is 2.52 bits per heavy atom. The number of hydrogen-bond acceptors (Lipinski definition) is 4. The average molecular weight is 347 g/mol. The van der Waals surface area contributed by atoms with Gasteiger partial charge in [-0.25, -0.2) is 4.79 Å². The quantitative estimate of drug-likeness (QED) is 0.660. The van der Waals surface area contributed by atoms with Crippen molar-refractivity contribution in [1.82, 2.24) is 10.6 Å². The van der Waals surface area contributed by atoms with E-state index in [1.807, 2.05) is 19.1 Å². The maximum atomic E-state index is 12.3. The Kier molecular flexibility index (Phi) is 6.68. The standard InChI is InChI=1S/C18H25N3O4/c1-4-5-13(8-12-6-7-19-17(12)22)20-18(23)21-14-9-15(24-2)11-16(10-14)25-3/h4-5,9-13H,6-8H2,1-3H3,(H,19,22)(H2,20,21,23)/b5-4+/t12-,13+/m0/s1. The minimum Gasteiger partial charge on any atom is -0.497 e. The first-order valence-corrected chi connectivity index (χ1v) is 8.26. The molecule has 136 valence electrons. The van der Waals surface area contributed by atoms with Crippen molar-refractivity contribution in [3.8, 4) is 11.5 Å². The maximum absolute atomic E-state index is 12.3. The van der Waals surface area contributed by atoms with Gasteiger partial charge >= 0.3 is 6.03 Å². The van der Waals surface area contributed by atoms with Gasteiger partial charge in [-0.1, -0.05) is 12.2 Å². The lowest BCUT2D eigenvalue weighted by Crippen LogP contribution is -2.38. The van der Waals surface area contributed by atoms with Crippen molar-refractivity contribution in [3.05, 3.63) is 30.4 Å². The molecule has 2 atom stereocenters. The molecule has 1 fully saturated rings. The van der Waals surface area contributed by atoms with Gasteiger partial charge < -0.3 is 25.4 Å². The van der Waals surface area contributed by atoms with E-state index in [0.717, 1.165) is 6.42 Å². The van der Waals surface area contributed by atoms with Crippen LogP contribution in [0, 0.1) is 5.92 Å². The molecular weight excluding hydrogens is 322 g/mol. The molecule has 0 aliphatic carbocycles. The number of benzene rings is 1. The van der Waals surface area contributed by atoms with Crippen LogP contribution in [-0.2, 0) is 4.79 Å². The summed E-state index contributed by atoms with van der Waals surface area (Å²) < 4.78 is 10.4. The van der Waals surface area contributed by atoms with Gasteiger partial charge in [-0.3, -0.25) is 4.79 Å². The molecule has 2 rings (SSSR count). The molecule has 1 aromatic rings. The summed E-state index contributed by atoms with van der Waals surface area (Å²) in [6, 6.07) is 4.57. The van der Waals surface area contributed by atoms with Crippen molar-refractivity contribution >= 4 is 17.6 Å². The summed E-state index contributed by atoms with van der Waals surface area (Å²) in [5, 5.41) is 8.48. The van der Waals surface area contributed by atoms with Crippen LogP contribution in [0.5, 0.6) is 11.5 Å². The predicted molar refractivity (Wildman–Crippen MR) is 96.0 cm³/mol. The van der Waals surface area contributed by atoms with E-state index in [0.29, 0.717) is 30.2 Å². The molecule has 1 heterocycles. The summed E-state index contributed by atoms with van der Waals surface area (Å²) in [6.07, 6.45) is 5.12. The van der Waals surface area contributed by atoms with Crippen LogP contribution in [0.25, 0.3) is 0 Å². The number of ether oxygens (including phenoxy) is 2. The van der Waals surface area contributed by atoms with E-state index in [-0.39, 0.29) is 23.9 Å². The van der Waals surface area contributed by atoms with Gasteiger partial charge in [0, 0.05) is 42.4 Å². The highest BCUT2D eigenvalue weighted by Gasteiger charge is 2.26. The minimum atomic E-state index is -0.350. The highest BCUT2D eigenvalue weighted by atomic mass is 16.5. The lowest BCUT2D eigenvalue weighted by molar-refractivity contribution is -0.122. The Morgan fingerprint density at radius 1 is 1.32 bits per heavy atom. The number of carbonyl (C=O) groups is 2. The second-order valence-corrected chi connectivity index (χ2v) is 5.84. The van der Waals surface area contributed by atoms with Gasteiger partial charge in [0.25, 0.3) is 0 Å². The summed E-state index contributed by atoms with van der Waals surface area (Å²) in [7, 11) is 3.10. The van der Waals surface area contributed by atoms with E-state index in [2.05, 4.69) is 16.0 Å². The molecule has 7 nitrogen and oxygen atoms in total. The first-order chi connectivity index (χ1) is 12.0. The zero-order valence-electron chi connectivity index (χ0n) is 14.8. The topological polar surface area (TPSA) is 88.7 Å². The molecule has 0 unspecified atom stereocenters. The summed E-state index contributed by atoms with van der Waals surface area (Å²) in [5.74, 6) is 1.15. The number of allylic oxidation sites excluding steroid dienone is 1. The summed E-state index contributed by atoms with van der Waals surface area (Å²) >= 11 is 0. The molecule has 3 N–H and O–H groups in total. The van der Waals surface area contributed by atoms with Crippen LogP contribution in [0.3, 0.4) is 0 Å². The van der Waals surface area contributed by atoms with Crippen LogP contribution in [0.15, 0.2) is 30.4 Å². The zero-order valence-corrected chi connectivity index (χ0v) is 14.8. The van der Waals surface area contributed by atoms with E-state index >= 15 is 0 Å². The van der Waals surface area contributed by atoms with E-state index in [1.165, 1.54) is 0 Å². The van der Waals surface area contributed by atoms with Crippen molar-refractivity contribution in [2.75, 3.05) is 26.1 Å². The van der Waals surface area contributed by atoms with Crippen LogP contribution >= 0.6 is 0 Å². The molecule has 25 heavy (non-hydrogen) atoms. The van der Waals surface area contributed by atoms with Crippen LogP contribution < -0.4 is 25.4 Å². The highest BCUT2D eigenvalue weighted by Crippen LogP contribution is 2.25. The molecule has 1 aliphatic rings. The lowest BCUT2D eigenvalue weighted by Gasteiger charge is -2.18. The highest BCUT2D eigenvalue weighted by molar-refractivity contribution is 5.90. The van der Waals surface area contributed by atoms with Gasteiger partial charge in [0.2, 0.25) is 5.91 Å². The molecule has 1 aliphatic heterocycles. The third kappa shape index (κ3) is 5.41. The van der Waals surface area contributed by atoms with Gasteiger partial charge in [0.1, 0.15) is 11.5 Å². The van der Waals surface area contributed by atoms with Crippen molar-refractivity contribution < 1.29 is 19.1 Å². The Labute approximate surface area is 147 Å². The second kappa shape index (κ2) is 8.96. The molecule has 3 amide bonds. The number of amides is 3. The first kappa shape index (κ1) is 18.6. The van der Waals surface area contributed by atoms with Gasteiger partial charge in [0.05, 0.1) is 14.2 Å². The smallest absolute Gasteiger partial charge is 0.319 e. The number of hydrogen-bond donors (Lipinski definition) is 3. The molecule has 0 saturated carbocycles. The molecule has 7 heteroatoms. The molecule has 0 spiro atoms. The van der Waals surface area contributed by atoms with Gasteiger partial charge in [0.15, 0.2) is 0 Å². The summed E-state index contributed by atoms with van der Waals surface area (Å²) in [6.45, 7) is 2.58. The molecule has 1 saturated heterocycles. The van der Waals surface area contributed by atoms with Gasteiger partial charge in [-0.05, 0) is 19.8 Å². The average Bonchev–Trinajstić information content (AvgIpc) is 2.99. The number of nitrogens with one attached hydrogen (secondary N) is 3. The fourth-order valence-corrected chi connectivity index (χ4v) is 2.81. The van der Waals surface area contributed by atoms with E-state index in [9.17, 15) is 9.59 Å². The number of anilines is 1. The zero-order chi connectivity index (χ0) is 18.2. The molecule has 0 radical (unpaired) electrons. The number of methoxy groups -OCH3 is 2. The van der Waals surface area contributed by atoms with Crippen LogP contribution in [0.1, 0.15) is 19.8 Å². The van der Waals surface area contributed by atoms with Crippen molar-refractivity contribution in [1.29, 1.82) is 0 Å². The molecule has 1 aromatic carbocycles. The van der Waals surface area contributed by atoms with Crippen LogP contribution in [-0.4, -0.2) is 38.7 Å². The normalized spacial score (nSPS) is 17.9. The van der Waals surface area contributed by atoms with Crippen molar-refractivity contribution in [2.24, 2.45) is 5.92 Å². The summed E-state index contributed by atoms with van der Waals surface area (Å²) in [4.78, 5) is 24.1. The Bertz CT molecular complexity index is 623. The van der Waals surface area contributed by atoms with Gasteiger partial charge in [-0.15, -0.1) is 0 Å². The number of urea groups is 1. The SMILES string of the molecule is C/C=C/[C@H](C[C@@H]1CCNC1=O)NC(=O)Nc1cc(OC)cc(OC)c1. The fourth-order valence-electron chi connectivity index (χ4n) is 2.81. The third-order valence-corrected chi connectivity index (χ3v) is 4.05. The Morgan fingerprint density at radius 2 is 2.00 bits per heavy atom. The van der Waals surface area contributed by atoms with Crippen molar-refractivity contribution in [2.45, 2.75) is 25.8 Å². The fraction of sp³-hybridized carbons (Fsp3) is 0.444. The maximum Gasteiger partial charge on any atom is 0.319 e.